The second kappa shape index (κ2) is 6.02. The van der Waals surface area contributed by atoms with Gasteiger partial charge in [0.15, 0.2) is 0 Å². The van der Waals surface area contributed by atoms with Gasteiger partial charge in [-0.05, 0) is 20.3 Å². The van der Waals surface area contributed by atoms with Gasteiger partial charge in [0.05, 0.1) is 17.0 Å². The van der Waals surface area contributed by atoms with E-state index in [-0.39, 0.29) is 16.9 Å². The number of hydrogen-bond acceptors (Lipinski definition) is 3. The van der Waals surface area contributed by atoms with E-state index in [9.17, 15) is 4.79 Å². The van der Waals surface area contributed by atoms with Crippen LogP contribution in [0.4, 0.5) is 0 Å². The molecule has 0 aromatic heterocycles. The first kappa shape index (κ1) is 14.3. The third kappa shape index (κ3) is 3.76. The zero-order valence-electron chi connectivity index (χ0n) is 9.79. The Morgan fingerprint density at radius 2 is 2.20 bits per heavy atom. The molecule has 0 saturated heterocycles. The van der Waals surface area contributed by atoms with Crippen LogP contribution in [0.2, 0.25) is 0 Å². The minimum atomic E-state index is -0.767. The monoisotopic (exact) mass is 232 g/mol. The fourth-order valence-corrected chi connectivity index (χ4v) is 1.36. The highest BCUT2D eigenvalue weighted by molar-refractivity contribution is 7.80. The molecule has 0 rings (SSSR count). The average molecular weight is 232 g/mol. The van der Waals surface area contributed by atoms with E-state index in [0.717, 1.165) is 0 Å². The molecule has 0 saturated carbocycles. The van der Waals surface area contributed by atoms with Gasteiger partial charge in [0.25, 0.3) is 0 Å². The number of nitrogens with one attached hydrogen (secondary N) is 1. The molecule has 2 atom stereocenters. The van der Waals surface area contributed by atoms with Crippen molar-refractivity contribution in [1.29, 1.82) is 0 Å². The van der Waals surface area contributed by atoms with Gasteiger partial charge in [-0.2, -0.15) is 0 Å². The molecule has 4 nitrogen and oxygen atoms in total. The van der Waals surface area contributed by atoms with Crippen LogP contribution in [0.5, 0.6) is 0 Å². The van der Waals surface area contributed by atoms with E-state index in [0.29, 0.717) is 13.0 Å². The number of ether oxygens (including phenoxy) is 1. The Kier molecular flexibility index (Phi) is 5.75. The van der Waals surface area contributed by atoms with Gasteiger partial charge < -0.3 is 15.8 Å². The lowest BCUT2D eigenvalue weighted by Crippen LogP contribution is -2.49. The van der Waals surface area contributed by atoms with E-state index in [1.165, 1.54) is 0 Å². The molecule has 0 aromatic carbocycles. The molecule has 0 bridgehead atoms. The number of amides is 1. The van der Waals surface area contributed by atoms with Crippen LogP contribution in [-0.2, 0) is 9.53 Å². The SMILES string of the molecule is CCC(C)(C(=O)NC(C)COC)C(N)=S. The number of methoxy groups -OCH3 is 1. The summed E-state index contributed by atoms with van der Waals surface area (Å²) >= 11 is 4.91. The Balaban J connectivity index is 4.47. The van der Waals surface area contributed by atoms with Crippen molar-refractivity contribution < 1.29 is 9.53 Å². The van der Waals surface area contributed by atoms with Crippen molar-refractivity contribution in [3.8, 4) is 0 Å². The second-order valence-corrected chi connectivity index (χ2v) is 4.32. The zero-order valence-corrected chi connectivity index (χ0v) is 10.6. The first-order chi connectivity index (χ1) is 6.88. The number of nitrogens with two attached hydrogens (primary N) is 1. The third-order valence-electron chi connectivity index (χ3n) is 2.55. The number of carbonyl (C=O) groups excluding carboxylic acids is 1. The Morgan fingerprint density at radius 1 is 1.67 bits per heavy atom. The molecule has 0 fully saturated rings. The summed E-state index contributed by atoms with van der Waals surface area (Å²) in [6.07, 6.45) is 0.591. The highest BCUT2D eigenvalue weighted by atomic mass is 32.1. The van der Waals surface area contributed by atoms with Gasteiger partial charge in [-0.3, -0.25) is 4.79 Å². The number of carbonyl (C=O) groups is 1. The summed E-state index contributed by atoms with van der Waals surface area (Å²) in [5.41, 5.74) is 4.80. The summed E-state index contributed by atoms with van der Waals surface area (Å²) in [4.78, 5) is 12.1. The van der Waals surface area contributed by atoms with Crippen molar-refractivity contribution in [2.75, 3.05) is 13.7 Å². The predicted molar refractivity (Wildman–Crippen MR) is 64.7 cm³/mol. The Bertz CT molecular complexity index is 246. The summed E-state index contributed by atoms with van der Waals surface area (Å²) in [6, 6.07) is -0.0391. The van der Waals surface area contributed by atoms with Crippen LogP contribution < -0.4 is 11.1 Å². The minimum absolute atomic E-state index is 0.0391. The topological polar surface area (TPSA) is 64.3 Å². The first-order valence-electron chi connectivity index (χ1n) is 4.98. The molecule has 1 amide bonds. The van der Waals surface area contributed by atoms with Gasteiger partial charge >= 0.3 is 0 Å². The van der Waals surface area contributed by atoms with Gasteiger partial charge in [-0.25, -0.2) is 0 Å². The number of thiocarbonyl (C=S) groups is 1. The van der Waals surface area contributed by atoms with Crippen LogP contribution in [-0.4, -0.2) is 30.7 Å². The van der Waals surface area contributed by atoms with Crippen molar-refractivity contribution in [2.45, 2.75) is 33.2 Å². The Morgan fingerprint density at radius 3 is 2.53 bits per heavy atom. The van der Waals surface area contributed by atoms with Gasteiger partial charge in [0.2, 0.25) is 5.91 Å². The standard InChI is InChI=1S/C10H20N2O2S/c1-5-10(3,8(11)15)9(13)12-7(2)6-14-4/h7H,5-6H2,1-4H3,(H2,11,15)(H,12,13). The molecule has 88 valence electrons. The van der Waals surface area contributed by atoms with E-state index in [1.807, 2.05) is 13.8 Å². The van der Waals surface area contributed by atoms with Crippen molar-refractivity contribution in [1.82, 2.24) is 5.32 Å². The molecule has 15 heavy (non-hydrogen) atoms. The summed E-state index contributed by atoms with van der Waals surface area (Å²) in [7, 11) is 1.59. The highest BCUT2D eigenvalue weighted by Crippen LogP contribution is 2.21. The molecular formula is C10H20N2O2S. The average Bonchev–Trinajstić information content (AvgIpc) is 2.16. The highest BCUT2D eigenvalue weighted by Gasteiger charge is 2.34. The second-order valence-electron chi connectivity index (χ2n) is 3.88. The largest absolute Gasteiger partial charge is 0.392 e. The summed E-state index contributed by atoms with van der Waals surface area (Å²) in [5, 5.41) is 2.82. The molecule has 0 aliphatic rings. The van der Waals surface area contributed by atoms with Crippen molar-refractivity contribution in [3.63, 3.8) is 0 Å². The van der Waals surface area contributed by atoms with Gasteiger partial charge in [0, 0.05) is 13.2 Å². The predicted octanol–water partition coefficient (Wildman–Crippen LogP) is 0.840. The van der Waals surface area contributed by atoms with E-state index >= 15 is 0 Å². The maximum atomic E-state index is 11.9. The van der Waals surface area contributed by atoms with E-state index in [2.05, 4.69) is 5.32 Å². The smallest absolute Gasteiger partial charge is 0.233 e. The lowest BCUT2D eigenvalue weighted by atomic mass is 9.86. The van der Waals surface area contributed by atoms with Gasteiger partial charge in [-0.15, -0.1) is 0 Å². The zero-order chi connectivity index (χ0) is 12.1. The number of rotatable bonds is 6. The normalized spacial score (nSPS) is 16.5. The van der Waals surface area contributed by atoms with Crippen molar-refractivity contribution in [3.05, 3.63) is 0 Å². The maximum Gasteiger partial charge on any atom is 0.233 e. The molecule has 0 aliphatic heterocycles. The summed E-state index contributed by atoms with van der Waals surface area (Å²) < 4.78 is 4.93. The van der Waals surface area contributed by atoms with Crippen LogP contribution in [0.25, 0.3) is 0 Å². The van der Waals surface area contributed by atoms with E-state index in [4.69, 9.17) is 22.7 Å². The van der Waals surface area contributed by atoms with Gasteiger partial charge in [-0.1, -0.05) is 19.1 Å². The Labute approximate surface area is 96.5 Å². The molecule has 0 heterocycles. The molecule has 5 heteroatoms. The molecular weight excluding hydrogens is 212 g/mol. The van der Waals surface area contributed by atoms with Gasteiger partial charge in [0.1, 0.15) is 0 Å². The molecule has 0 spiro atoms. The van der Waals surface area contributed by atoms with E-state index < -0.39 is 5.41 Å². The summed E-state index contributed by atoms with van der Waals surface area (Å²) in [6.45, 7) is 5.99. The fraction of sp³-hybridized carbons (Fsp3) is 0.800. The lowest BCUT2D eigenvalue weighted by molar-refractivity contribution is -0.127. The van der Waals surface area contributed by atoms with E-state index in [1.54, 1.807) is 14.0 Å². The van der Waals surface area contributed by atoms with Crippen LogP contribution >= 0.6 is 12.2 Å². The quantitative estimate of drug-likeness (QED) is 0.666. The van der Waals surface area contributed by atoms with Crippen LogP contribution in [0.15, 0.2) is 0 Å². The molecule has 0 aromatic rings. The summed E-state index contributed by atoms with van der Waals surface area (Å²) in [5.74, 6) is -0.137. The molecule has 0 aliphatic carbocycles. The fourth-order valence-electron chi connectivity index (χ4n) is 1.12. The van der Waals surface area contributed by atoms with Crippen molar-refractivity contribution in [2.24, 2.45) is 11.1 Å². The number of hydrogen-bond donors (Lipinski definition) is 2. The van der Waals surface area contributed by atoms with Crippen LogP contribution in [0.1, 0.15) is 27.2 Å². The molecule has 3 N–H and O–H groups in total. The Hall–Kier alpha value is -0.680. The maximum absolute atomic E-state index is 11.9. The molecule has 0 radical (unpaired) electrons. The minimum Gasteiger partial charge on any atom is -0.392 e. The first-order valence-corrected chi connectivity index (χ1v) is 5.39. The lowest BCUT2D eigenvalue weighted by Gasteiger charge is -2.27. The molecule has 2 unspecified atom stereocenters. The third-order valence-corrected chi connectivity index (χ3v) is 3.00. The van der Waals surface area contributed by atoms with Crippen molar-refractivity contribution >= 4 is 23.1 Å². The van der Waals surface area contributed by atoms with Crippen LogP contribution in [0.3, 0.4) is 0 Å². The van der Waals surface area contributed by atoms with Crippen LogP contribution in [0, 0.1) is 5.41 Å².